The van der Waals surface area contributed by atoms with Crippen LogP contribution in [0.5, 0.6) is 11.5 Å². The Balaban J connectivity index is 2.76. The van der Waals surface area contributed by atoms with Gasteiger partial charge in [-0.2, -0.15) is 0 Å². The van der Waals surface area contributed by atoms with E-state index in [-0.39, 0.29) is 33.8 Å². The van der Waals surface area contributed by atoms with Crippen LogP contribution in [0.25, 0.3) is 11.1 Å². The van der Waals surface area contributed by atoms with Crippen LogP contribution in [0.15, 0.2) is 48.5 Å². The molecule has 2 rings (SSSR count). The van der Waals surface area contributed by atoms with Crippen molar-refractivity contribution in [1.29, 1.82) is 0 Å². The molecule has 2 aromatic rings. The smallest absolute Gasteiger partial charge is 0.337 e. The molecule has 2 aromatic carbocycles. The van der Waals surface area contributed by atoms with E-state index in [4.69, 9.17) is 5.73 Å². The molecule has 6 heteroatoms. The van der Waals surface area contributed by atoms with E-state index in [0.717, 1.165) is 0 Å². The molecule has 6 nitrogen and oxygen atoms in total. The lowest BCUT2D eigenvalue weighted by Crippen LogP contribution is -2.17. The number of rotatable bonds is 4. The van der Waals surface area contributed by atoms with E-state index in [2.05, 4.69) is 0 Å². The first-order valence-corrected chi connectivity index (χ1v) is 6.26. The number of carboxylic acid groups (broad SMARTS) is 1. The maximum absolute atomic E-state index is 11.8. The third-order valence-electron chi connectivity index (χ3n) is 3.00. The zero-order valence-electron chi connectivity index (χ0n) is 11.4. The standard InChI is InChI=1S/C16H13NO5/c17-15(20)13(9-4-6-11(18)7-5-9)14(16(21)22)10-2-1-3-12(19)8-10/h1-8,18-19H,(H2,17,20)(H,21,22). The molecule has 0 aliphatic carbocycles. The SMILES string of the molecule is NC(=O)C(=C(C(=O)O)c1cccc(O)c1)c1ccc(O)cc1. The number of hydrogen-bond donors (Lipinski definition) is 4. The molecule has 5 N–H and O–H groups in total. The molecule has 0 unspecified atom stereocenters. The summed E-state index contributed by atoms with van der Waals surface area (Å²) in [5.74, 6) is -2.44. The highest BCUT2D eigenvalue weighted by Gasteiger charge is 2.22. The first kappa shape index (κ1) is 15.1. The fourth-order valence-corrected chi connectivity index (χ4v) is 2.07. The molecular formula is C16H13NO5. The zero-order chi connectivity index (χ0) is 16.3. The second kappa shape index (κ2) is 6.01. The molecule has 0 bridgehead atoms. The highest BCUT2D eigenvalue weighted by Crippen LogP contribution is 2.29. The van der Waals surface area contributed by atoms with Gasteiger partial charge in [0, 0.05) is 0 Å². The molecule has 22 heavy (non-hydrogen) atoms. The van der Waals surface area contributed by atoms with Crippen molar-refractivity contribution in [3.05, 3.63) is 59.7 Å². The van der Waals surface area contributed by atoms with Crippen molar-refractivity contribution in [2.75, 3.05) is 0 Å². The molecule has 0 saturated heterocycles. The monoisotopic (exact) mass is 299 g/mol. The van der Waals surface area contributed by atoms with Gasteiger partial charge < -0.3 is 21.1 Å². The molecule has 0 heterocycles. The summed E-state index contributed by atoms with van der Waals surface area (Å²) < 4.78 is 0. The Labute approximate surface area is 125 Å². The highest BCUT2D eigenvalue weighted by molar-refractivity contribution is 6.37. The summed E-state index contributed by atoms with van der Waals surface area (Å²) in [6.07, 6.45) is 0. The van der Waals surface area contributed by atoms with Crippen LogP contribution in [0.1, 0.15) is 11.1 Å². The van der Waals surface area contributed by atoms with Crippen molar-refractivity contribution in [2.45, 2.75) is 0 Å². The Kier molecular flexibility index (Phi) is 4.13. The number of primary amides is 1. The van der Waals surface area contributed by atoms with Crippen LogP contribution in [-0.4, -0.2) is 27.2 Å². The van der Waals surface area contributed by atoms with Gasteiger partial charge in [0.1, 0.15) is 11.5 Å². The third-order valence-corrected chi connectivity index (χ3v) is 3.00. The second-order valence-corrected chi connectivity index (χ2v) is 4.52. The Morgan fingerprint density at radius 1 is 0.818 bits per heavy atom. The van der Waals surface area contributed by atoms with E-state index in [1.807, 2.05) is 0 Å². The average molecular weight is 299 g/mol. The molecule has 0 saturated carbocycles. The number of nitrogens with two attached hydrogens (primary N) is 1. The molecule has 0 atom stereocenters. The summed E-state index contributed by atoms with van der Waals surface area (Å²) in [6, 6.07) is 10.9. The molecule has 0 fully saturated rings. The lowest BCUT2D eigenvalue weighted by molar-refractivity contribution is -0.130. The van der Waals surface area contributed by atoms with Gasteiger partial charge in [0.05, 0.1) is 11.1 Å². The number of benzene rings is 2. The average Bonchev–Trinajstić information content (AvgIpc) is 2.45. The van der Waals surface area contributed by atoms with E-state index < -0.39 is 11.9 Å². The van der Waals surface area contributed by atoms with Crippen molar-refractivity contribution in [2.24, 2.45) is 5.73 Å². The van der Waals surface area contributed by atoms with Gasteiger partial charge in [-0.1, -0.05) is 24.3 Å². The summed E-state index contributed by atoms with van der Waals surface area (Å²) in [6.45, 7) is 0. The lowest BCUT2D eigenvalue weighted by Gasteiger charge is -2.11. The summed E-state index contributed by atoms with van der Waals surface area (Å²) in [5, 5.41) is 28.3. The first-order chi connectivity index (χ1) is 10.4. The van der Waals surface area contributed by atoms with Gasteiger partial charge >= 0.3 is 5.97 Å². The van der Waals surface area contributed by atoms with Crippen molar-refractivity contribution < 1.29 is 24.9 Å². The Morgan fingerprint density at radius 3 is 1.95 bits per heavy atom. The van der Waals surface area contributed by atoms with E-state index in [1.165, 1.54) is 48.5 Å². The van der Waals surface area contributed by atoms with Gasteiger partial charge in [0.25, 0.3) is 0 Å². The molecule has 112 valence electrons. The number of hydrogen-bond acceptors (Lipinski definition) is 4. The van der Waals surface area contributed by atoms with Gasteiger partial charge in [-0.3, -0.25) is 4.79 Å². The Hall–Kier alpha value is -3.28. The van der Waals surface area contributed by atoms with E-state index >= 15 is 0 Å². The molecule has 0 aliphatic rings. The second-order valence-electron chi connectivity index (χ2n) is 4.52. The molecule has 0 spiro atoms. The number of phenolic OH excluding ortho intramolecular Hbond substituents is 2. The minimum absolute atomic E-state index is 0.0261. The number of carbonyl (C=O) groups excluding carboxylic acids is 1. The molecule has 1 amide bonds. The predicted octanol–water partition coefficient (Wildman–Crippen LogP) is 1.58. The zero-order valence-corrected chi connectivity index (χ0v) is 11.4. The summed E-state index contributed by atoms with van der Waals surface area (Å²) in [5.41, 5.74) is 5.20. The fourth-order valence-electron chi connectivity index (χ4n) is 2.07. The minimum atomic E-state index is -1.35. The number of carboxylic acids is 1. The molecular weight excluding hydrogens is 286 g/mol. The summed E-state index contributed by atoms with van der Waals surface area (Å²) in [7, 11) is 0. The van der Waals surface area contributed by atoms with Gasteiger partial charge in [0.15, 0.2) is 0 Å². The van der Waals surface area contributed by atoms with Crippen molar-refractivity contribution in [3.63, 3.8) is 0 Å². The van der Waals surface area contributed by atoms with Crippen LogP contribution in [0.4, 0.5) is 0 Å². The van der Waals surface area contributed by atoms with E-state index in [0.29, 0.717) is 0 Å². The maximum atomic E-state index is 11.8. The van der Waals surface area contributed by atoms with Gasteiger partial charge in [-0.15, -0.1) is 0 Å². The minimum Gasteiger partial charge on any atom is -0.508 e. The number of aromatic hydroxyl groups is 2. The van der Waals surface area contributed by atoms with Crippen LogP contribution in [0.2, 0.25) is 0 Å². The van der Waals surface area contributed by atoms with Crippen molar-refractivity contribution in [1.82, 2.24) is 0 Å². The van der Waals surface area contributed by atoms with Crippen molar-refractivity contribution >= 4 is 23.0 Å². The topological polar surface area (TPSA) is 121 Å². The normalized spacial score (nSPS) is 11.6. The fraction of sp³-hybridized carbons (Fsp3) is 0. The summed E-state index contributed by atoms with van der Waals surface area (Å²) >= 11 is 0. The number of carbonyl (C=O) groups is 2. The third kappa shape index (κ3) is 3.06. The molecule has 0 radical (unpaired) electrons. The Morgan fingerprint density at radius 2 is 1.45 bits per heavy atom. The predicted molar refractivity (Wildman–Crippen MR) is 79.9 cm³/mol. The first-order valence-electron chi connectivity index (χ1n) is 6.26. The molecule has 0 aromatic heterocycles. The number of amides is 1. The Bertz CT molecular complexity index is 762. The van der Waals surface area contributed by atoms with Crippen LogP contribution in [0.3, 0.4) is 0 Å². The lowest BCUT2D eigenvalue weighted by atomic mass is 9.94. The van der Waals surface area contributed by atoms with Gasteiger partial charge in [0.2, 0.25) is 5.91 Å². The maximum Gasteiger partial charge on any atom is 0.337 e. The van der Waals surface area contributed by atoms with Crippen LogP contribution in [-0.2, 0) is 9.59 Å². The molecule has 0 aliphatic heterocycles. The number of phenols is 2. The van der Waals surface area contributed by atoms with Crippen LogP contribution < -0.4 is 5.73 Å². The van der Waals surface area contributed by atoms with Crippen LogP contribution >= 0.6 is 0 Å². The summed E-state index contributed by atoms with van der Waals surface area (Å²) in [4.78, 5) is 23.4. The van der Waals surface area contributed by atoms with E-state index in [1.54, 1.807) is 0 Å². The van der Waals surface area contributed by atoms with Crippen LogP contribution in [0, 0.1) is 0 Å². The van der Waals surface area contributed by atoms with Crippen molar-refractivity contribution in [3.8, 4) is 11.5 Å². The van der Waals surface area contributed by atoms with Gasteiger partial charge in [-0.25, -0.2) is 4.79 Å². The van der Waals surface area contributed by atoms with Gasteiger partial charge in [-0.05, 0) is 35.4 Å². The quantitative estimate of drug-likeness (QED) is 0.504. The number of aliphatic carboxylic acids is 1. The van der Waals surface area contributed by atoms with E-state index in [9.17, 15) is 24.9 Å². The largest absolute Gasteiger partial charge is 0.508 e. The highest BCUT2D eigenvalue weighted by atomic mass is 16.4.